The van der Waals surface area contributed by atoms with E-state index in [0.29, 0.717) is 11.4 Å². The number of carbonyl (C=O) groups is 1. The lowest BCUT2D eigenvalue weighted by Gasteiger charge is -2.22. The summed E-state index contributed by atoms with van der Waals surface area (Å²) in [4.78, 5) is 12.5. The molecular formula is C18H20ClNO4S2. The van der Waals surface area contributed by atoms with Gasteiger partial charge in [-0.3, -0.25) is 4.79 Å². The summed E-state index contributed by atoms with van der Waals surface area (Å²) in [6, 6.07) is 10.3. The third-order valence-electron chi connectivity index (χ3n) is 4.68. The van der Waals surface area contributed by atoms with Crippen LogP contribution in [-0.2, 0) is 14.8 Å². The molecular weight excluding hydrogens is 394 g/mol. The lowest BCUT2D eigenvalue weighted by Crippen LogP contribution is -2.46. The lowest BCUT2D eigenvalue weighted by atomic mass is 9.87. The van der Waals surface area contributed by atoms with Crippen LogP contribution in [0.25, 0.3) is 10.4 Å². The van der Waals surface area contributed by atoms with Gasteiger partial charge in [-0.25, -0.2) is 8.42 Å². The van der Waals surface area contributed by atoms with Crippen molar-refractivity contribution in [2.45, 2.75) is 36.9 Å². The van der Waals surface area contributed by atoms with Crippen molar-refractivity contribution < 1.29 is 18.3 Å². The third-order valence-corrected chi connectivity index (χ3v) is 8.07. The first-order chi connectivity index (χ1) is 12.0. The number of hydrogen-bond acceptors (Lipinski definition) is 4. The minimum absolute atomic E-state index is 0.0997. The van der Waals surface area contributed by atoms with E-state index in [0.717, 1.165) is 21.8 Å². The maximum atomic E-state index is 12.8. The molecule has 0 bridgehead atoms. The number of rotatable bonds is 5. The molecule has 3 rings (SSSR count). The van der Waals surface area contributed by atoms with E-state index in [1.165, 1.54) is 6.07 Å². The number of halogens is 1. The van der Waals surface area contributed by atoms with E-state index in [2.05, 4.69) is 4.72 Å². The molecule has 0 radical (unpaired) electrons. The molecule has 0 saturated heterocycles. The molecule has 1 saturated carbocycles. The molecule has 5 nitrogen and oxygen atoms in total. The molecule has 0 aliphatic heterocycles. The monoisotopic (exact) mass is 413 g/mol. The van der Waals surface area contributed by atoms with Crippen molar-refractivity contribution in [1.29, 1.82) is 0 Å². The highest BCUT2D eigenvalue weighted by atomic mass is 35.5. The molecule has 0 unspecified atom stereocenters. The highest BCUT2D eigenvalue weighted by molar-refractivity contribution is 7.91. The van der Waals surface area contributed by atoms with E-state index in [9.17, 15) is 18.3 Å². The zero-order valence-corrected chi connectivity index (χ0v) is 17.0. The number of thiophene rings is 1. The number of aliphatic carboxylic acids is 1. The summed E-state index contributed by atoms with van der Waals surface area (Å²) >= 11 is 6.98. The smallest absolute Gasteiger partial charge is 0.325 e. The second-order valence-electron chi connectivity index (χ2n) is 7.63. The Labute approximate surface area is 162 Å². The summed E-state index contributed by atoms with van der Waals surface area (Å²) < 4.78 is 28.1. The van der Waals surface area contributed by atoms with Gasteiger partial charge in [-0.15, -0.1) is 11.3 Å². The van der Waals surface area contributed by atoms with E-state index < -0.39 is 21.5 Å². The van der Waals surface area contributed by atoms with E-state index in [-0.39, 0.29) is 15.5 Å². The number of carboxylic acids is 1. The quantitative estimate of drug-likeness (QED) is 0.768. The van der Waals surface area contributed by atoms with Gasteiger partial charge < -0.3 is 5.11 Å². The fourth-order valence-corrected chi connectivity index (χ4v) is 6.07. The van der Waals surface area contributed by atoms with Crippen molar-refractivity contribution in [3.05, 3.63) is 41.4 Å². The summed E-state index contributed by atoms with van der Waals surface area (Å²) in [7, 11) is -3.93. The Morgan fingerprint density at radius 3 is 2.35 bits per heavy atom. The van der Waals surface area contributed by atoms with Crippen LogP contribution in [0.2, 0.25) is 5.02 Å². The topological polar surface area (TPSA) is 83.5 Å². The molecule has 1 aliphatic rings. The maximum absolute atomic E-state index is 12.8. The van der Waals surface area contributed by atoms with E-state index in [4.69, 9.17) is 11.6 Å². The molecule has 8 heteroatoms. The zero-order valence-electron chi connectivity index (χ0n) is 14.6. The van der Waals surface area contributed by atoms with Crippen LogP contribution in [0, 0.1) is 11.3 Å². The molecule has 2 aromatic rings. The fraction of sp³-hybridized carbons (Fsp3) is 0.389. The highest BCUT2D eigenvalue weighted by Crippen LogP contribution is 2.55. The fourth-order valence-electron chi connectivity index (χ4n) is 3.23. The average Bonchev–Trinajstić information content (AvgIpc) is 3.05. The second kappa shape index (κ2) is 6.34. The van der Waals surface area contributed by atoms with Crippen LogP contribution >= 0.6 is 22.9 Å². The predicted octanol–water partition coefficient (Wildman–Crippen LogP) is 4.24. The Bertz CT molecular complexity index is 944. The van der Waals surface area contributed by atoms with Crippen LogP contribution in [0.5, 0.6) is 0 Å². The number of sulfonamides is 1. The predicted molar refractivity (Wildman–Crippen MR) is 103 cm³/mol. The van der Waals surface area contributed by atoms with Crippen molar-refractivity contribution in [2.75, 3.05) is 0 Å². The molecule has 0 amide bonds. The van der Waals surface area contributed by atoms with Gasteiger partial charge in [-0.05, 0) is 47.6 Å². The summed E-state index contributed by atoms with van der Waals surface area (Å²) in [6.45, 7) is 5.75. The number of benzene rings is 1. The lowest BCUT2D eigenvalue weighted by molar-refractivity contribution is -0.141. The van der Waals surface area contributed by atoms with Crippen LogP contribution in [0.4, 0.5) is 0 Å². The molecule has 0 spiro atoms. The maximum Gasteiger partial charge on any atom is 0.325 e. The Hall–Kier alpha value is -1.41. The van der Waals surface area contributed by atoms with Gasteiger partial charge in [0, 0.05) is 9.90 Å². The van der Waals surface area contributed by atoms with Crippen LogP contribution in [0.3, 0.4) is 0 Å². The van der Waals surface area contributed by atoms with Gasteiger partial charge in [0.25, 0.3) is 10.0 Å². The van der Waals surface area contributed by atoms with Crippen molar-refractivity contribution in [1.82, 2.24) is 4.72 Å². The van der Waals surface area contributed by atoms with Crippen LogP contribution in [-0.4, -0.2) is 25.0 Å². The summed E-state index contributed by atoms with van der Waals surface area (Å²) in [5.41, 5.74) is -0.875. The Balaban J connectivity index is 1.87. The Kier molecular flexibility index (Phi) is 4.72. The molecule has 1 aromatic heterocycles. The van der Waals surface area contributed by atoms with Gasteiger partial charge in [-0.2, -0.15) is 4.72 Å². The zero-order chi connectivity index (χ0) is 19.3. The molecule has 26 heavy (non-hydrogen) atoms. The summed E-state index contributed by atoms with van der Waals surface area (Å²) in [5, 5.41) is 10.2. The largest absolute Gasteiger partial charge is 0.480 e. The van der Waals surface area contributed by atoms with Crippen molar-refractivity contribution in [2.24, 2.45) is 11.3 Å². The molecule has 1 aliphatic carbocycles. The van der Waals surface area contributed by atoms with Crippen molar-refractivity contribution in [3.63, 3.8) is 0 Å². The molecule has 1 heterocycles. The molecule has 1 fully saturated rings. The van der Waals surface area contributed by atoms with Crippen LogP contribution < -0.4 is 4.72 Å². The third kappa shape index (κ3) is 3.53. The first-order valence-electron chi connectivity index (χ1n) is 8.09. The normalized spacial score (nSPS) is 23.0. The van der Waals surface area contributed by atoms with E-state index in [1.807, 2.05) is 32.9 Å². The first-order valence-corrected chi connectivity index (χ1v) is 10.8. The Morgan fingerprint density at radius 1 is 1.23 bits per heavy atom. The van der Waals surface area contributed by atoms with Gasteiger partial charge >= 0.3 is 5.97 Å². The standard InChI is InChI=1S/C18H20ClNO4S2/c1-17(2,3)14-10-18(14,16(21)22)20-26(23,24)15-9-8-13(25-15)11-4-6-12(19)7-5-11/h4-9,14,20H,10H2,1-3H3,(H,21,22)/t14-,18+/m0/s1. The van der Waals surface area contributed by atoms with E-state index >= 15 is 0 Å². The SMILES string of the molecule is CC(C)(C)[C@@H]1C[C@]1(NS(=O)(=O)c1ccc(-c2ccc(Cl)cc2)s1)C(=O)O. The molecule has 2 atom stereocenters. The number of hydrogen-bond donors (Lipinski definition) is 2. The number of nitrogens with one attached hydrogen (secondary N) is 1. The first kappa shape index (κ1) is 19.4. The number of carboxylic acid groups (broad SMARTS) is 1. The van der Waals surface area contributed by atoms with Gasteiger partial charge in [0.1, 0.15) is 9.75 Å². The highest BCUT2D eigenvalue weighted by Gasteiger charge is 2.66. The van der Waals surface area contributed by atoms with Gasteiger partial charge in [0.2, 0.25) is 0 Å². The second-order valence-corrected chi connectivity index (χ2v) is 11.1. The van der Waals surface area contributed by atoms with Gasteiger partial charge in [0.15, 0.2) is 0 Å². The minimum atomic E-state index is -3.93. The molecule has 140 valence electrons. The summed E-state index contributed by atoms with van der Waals surface area (Å²) in [6.07, 6.45) is 0.292. The molecule has 2 N–H and O–H groups in total. The Morgan fingerprint density at radius 2 is 1.85 bits per heavy atom. The average molecular weight is 414 g/mol. The van der Waals surface area contributed by atoms with E-state index in [1.54, 1.807) is 18.2 Å². The molecule has 1 aromatic carbocycles. The van der Waals surface area contributed by atoms with Gasteiger partial charge in [0.05, 0.1) is 0 Å². The van der Waals surface area contributed by atoms with Gasteiger partial charge in [-0.1, -0.05) is 44.5 Å². The van der Waals surface area contributed by atoms with Crippen LogP contribution in [0.15, 0.2) is 40.6 Å². The minimum Gasteiger partial charge on any atom is -0.480 e. The summed E-state index contributed by atoms with van der Waals surface area (Å²) in [5.74, 6) is -1.38. The van der Waals surface area contributed by atoms with Crippen molar-refractivity contribution >= 4 is 38.9 Å². The van der Waals surface area contributed by atoms with Crippen molar-refractivity contribution in [3.8, 4) is 10.4 Å². The van der Waals surface area contributed by atoms with Crippen LogP contribution in [0.1, 0.15) is 27.2 Å².